The Labute approximate surface area is 215 Å². The van der Waals surface area contributed by atoms with Gasteiger partial charge in [-0.1, -0.05) is 39.0 Å². The molecule has 5 atom stereocenters. The molecule has 0 N–H and O–H groups in total. The molecular formula is C26H42O9Si. The zero-order chi connectivity index (χ0) is 26.9. The monoisotopic (exact) mass is 526 g/mol. The van der Waals surface area contributed by atoms with Crippen LogP contribution in [0.3, 0.4) is 0 Å². The predicted molar refractivity (Wildman–Crippen MR) is 135 cm³/mol. The van der Waals surface area contributed by atoms with Crippen molar-refractivity contribution in [2.45, 2.75) is 108 Å². The van der Waals surface area contributed by atoms with Gasteiger partial charge < -0.3 is 28.1 Å². The summed E-state index contributed by atoms with van der Waals surface area (Å²) in [5.74, 6) is -1.50. The molecule has 0 aromatic carbocycles. The van der Waals surface area contributed by atoms with Crippen LogP contribution in [0.1, 0.15) is 59.3 Å². The Morgan fingerprint density at radius 2 is 1.69 bits per heavy atom. The van der Waals surface area contributed by atoms with Crippen molar-refractivity contribution < 1.29 is 42.5 Å². The Morgan fingerprint density at radius 3 is 2.22 bits per heavy atom. The summed E-state index contributed by atoms with van der Waals surface area (Å²) in [6, 6.07) is 0. The first-order valence-corrected chi connectivity index (χ1v) is 15.5. The highest BCUT2D eigenvalue weighted by Gasteiger charge is 2.53. The molecule has 10 heteroatoms. The van der Waals surface area contributed by atoms with E-state index in [4.69, 9.17) is 28.1 Å². The summed E-state index contributed by atoms with van der Waals surface area (Å²) in [6.07, 6.45) is 1.89. The molecule has 2 heterocycles. The van der Waals surface area contributed by atoms with Gasteiger partial charge in [-0.2, -0.15) is 0 Å². The number of rotatable bonds is 8. The van der Waals surface area contributed by atoms with Gasteiger partial charge in [-0.15, -0.1) is 6.58 Å². The van der Waals surface area contributed by atoms with Crippen LogP contribution in [0.4, 0.5) is 0 Å². The maximum Gasteiger partial charge on any atom is 0.306 e. The van der Waals surface area contributed by atoms with Gasteiger partial charge in [0.25, 0.3) is 0 Å². The van der Waals surface area contributed by atoms with E-state index in [0.717, 1.165) is 0 Å². The van der Waals surface area contributed by atoms with E-state index in [1.807, 2.05) is 12.2 Å². The van der Waals surface area contributed by atoms with Crippen molar-refractivity contribution in [1.82, 2.24) is 0 Å². The van der Waals surface area contributed by atoms with Gasteiger partial charge in [0.05, 0.1) is 6.61 Å². The number of ether oxygens (including phenoxy) is 5. The lowest BCUT2D eigenvalue weighted by molar-refractivity contribution is -0.302. The summed E-state index contributed by atoms with van der Waals surface area (Å²) in [5.41, 5.74) is 0. The van der Waals surface area contributed by atoms with Crippen LogP contribution in [0.5, 0.6) is 0 Å². The SMILES string of the molecule is C=CCCC(=O)O[C@H]1[C@@H](OC)O[C@H](CO[Si](C)(C)C(C)(C)C)[C@H]2OC(=O)CCC=CCCC(=O)O[C@H]12. The van der Waals surface area contributed by atoms with Crippen molar-refractivity contribution >= 4 is 26.2 Å². The predicted octanol–water partition coefficient (Wildman–Crippen LogP) is 4.21. The molecule has 0 aromatic heterocycles. The van der Waals surface area contributed by atoms with Crippen molar-refractivity contribution in [2.24, 2.45) is 0 Å². The third-order valence-corrected chi connectivity index (χ3v) is 11.3. The molecule has 0 bridgehead atoms. The number of esters is 3. The molecule has 2 aliphatic rings. The lowest BCUT2D eigenvalue weighted by Crippen LogP contribution is -2.63. The van der Waals surface area contributed by atoms with E-state index in [1.54, 1.807) is 6.08 Å². The van der Waals surface area contributed by atoms with Crippen molar-refractivity contribution in [3.63, 3.8) is 0 Å². The quantitative estimate of drug-likeness (QED) is 0.199. The lowest BCUT2D eigenvalue weighted by Gasteiger charge is -2.45. The van der Waals surface area contributed by atoms with Crippen LogP contribution >= 0.6 is 0 Å². The number of allylic oxidation sites excluding steroid dienone is 3. The Bertz CT molecular complexity index is 802. The van der Waals surface area contributed by atoms with Gasteiger partial charge in [0.1, 0.15) is 6.10 Å². The summed E-state index contributed by atoms with van der Waals surface area (Å²) < 4.78 is 35.3. The first-order valence-electron chi connectivity index (χ1n) is 12.6. The van der Waals surface area contributed by atoms with Gasteiger partial charge in [0.15, 0.2) is 32.9 Å². The highest BCUT2D eigenvalue weighted by atomic mass is 28.4. The van der Waals surface area contributed by atoms with Crippen LogP contribution in [0.2, 0.25) is 18.1 Å². The van der Waals surface area contributed by atoms with E-state index in [2.05, 4.69) is 40.4 Å². The normalized spacial score (nSPS) is 28.1. The first-order chi connectivity index (χ1) is 16.9. The molecule has 0 spiro atoms. The van der Waals surface area contributed by atoms with Crippen LogP contribution < -0.4 is 0 Å². The molecule has 0 unspecified atom stereocenters. The molecule has 0 aromatic rings. The Morgan fingerprint density at radius 1 is 1.11 bits per heavy atom. The smallest absolute Gasteiger partial charge is 0.306 e. The fraction of sp³-hybridized carbons (Fsp3) is 0.731. The van der Waals surface area contributed by atoms with Crippen LogP contribution in [-0.4, -0.2) is 70.6 Å². The average molecular weight is 527 g/mol. The zero-order valence-corrected chi connectivity index (χ0v) is 23.4. The molecule has 0 aliphatic carbocycles. The number of carbonyl (C=O) groups is 3. The second-order valence-electron chi connectivity index (χ2n) is 10.6. The molecule has 9 nitrogen and oxygen atoms in total. The van der Waals surface area contributed by atoms with Crippen molar-refractivity contribution in [1.29, 1.82) is 0 Å². The number of methoxy groups -OCH3 is 1. The average Bonchev–Trinajstić information content (AvgIpc) is 2.79. The summed E-state index contributed by atoms with van der Waals surface area (Å²) in [5, 5.41) is -0.0626. The Hall–Kier alpha value is -2.01. The number of carbonyl (C=O) groups excluding carboxylic acids is 3. The Balaban J connectivity index is 2.41. The minimum absolute atomic E-state index is 0.0626. The summed E-state index contributed by atoms with van der Waals surface area (Å²) in [4.78, 5) is 38.0. The Kier molecular flexibility index (Phi) is 11.3. The first kappa shape index (κ1) is 30.2. The highest BCUT2D eigenvalue weighted by molar-refractivity contribution is 6.74. The van der Waals surface area contributed by atoms with Crippen LogP contribution in [-0.2, 0) is 42.5 Å². The van der Waals surface area contributed by atoms with Crippen molar-refractivity contribution in [3.05, 3.63) is 24.8 Å². The number of hydrogen-bond acceptors (Lipinski definition) is 9. The maximum atomic E-state index is 12.7. The van der Waals surface area contributed by atoms with Crippen molar-refractivity contribution in [3.8, 4) is 0 Å². The van der Waals surface area contributed by atoms with E-state index in [0.29, 0.717) is 19.3 Å². The molecular weight excluding hydrogens is 484 g/mol. The van der Waals surface area contributed by atoms with Gasteiger partial charge in [-0.3, -0.25) is 14.4 Å². The molecule has 36 heavy (non-hydrogen) atoms. The molecule has 1 saturated heterocycles. The molecule has 2 aliphatic heterocycles. The van der Waals surface area contributed by atoms with E-state index >= 15 is 0 Å². The van der Waals surface area contributed by atoms with Gasteiger partial charge in [0, 0.05) is 26.4 Å². The maximum absolute atomic E-state index is 12.7. The van der Waals surface area contributed by atoms with E-state index in [-0.39, 0.29) is 30.9 Å². The lowest BCUT2D eigenvalue weighted by atomic mass is 9.98. The highest BCUT2D eigenvalue weighted by Crippen LogP contribution is 2.38. The fourth-order valence-electron chi connectivity index (χ4n) is 3.60. The third-order valence-electron chi connectivity index (χ3n) is 6.79. The van der Waals surface area contributed by atoms with Crippen molar-refractivity contribution in [2.75, 3.05) is 13.7 Å². The van der Waals surface area contributed by atoms with Crippen LogP contribution in [0, 0.1) is 0 Å². The molecule has 204 valence electrons. The van der Waals surface area contributed by atoms with Gasteiger partial charge in [0.2, 0.25) is 0 Å². The van der Waals surface area contributed by atoms with Crippen LogP contribution in [0.25, 0.3) is 0 Å². The molecule has 0 amide bonds. The molecule has 0 saturated carbocycles. The second kappa shape index (κ2) is 13.5. The largest absolute Gasteiger partial charge is 0.455 e. The summed E-state index contributed by atoms with van der Waals surface area (Å²) in [7, 11) is -0.782. The molecule has 2 rings (SSSR count). The van der Waals surface area contributed by atoms with E-state index in [9.17, 15) is 14.4 Å². The minimum Gasteiger partial charge on any atom is -0.455 e. The standard InChI is InChI=1S/C26H42O9Si/c1-8-9-14-19(27)35-24-23-22(33-20(28)15-12-10-11-13-16-21(29)34-23)18(32-25(24)30-5)17-31-36(6,7)26(2,3)4/h8,10-11,18,22-25H,1,9,12-17H2,2-7H3/t18-,22-,23+,24-,25+/m1/s1. The topological polar surface area (TPSA) is 107 Å². The molecule has 1 fully saturated rings. The minimum atomic E-state index is -2.19. The number of hydrogen-bond donors (Lipinski definition) is 0. The zero-order valence-electron chi connectivity index (χ0n) is 22.4. The second-order valence-corrected chi connectivity index (χ2v) is 15.4. The van der Waals surface area contributed by atoms with Crippen LogP contribution in [0.15, 0.2) is 24.8 Å². The van der Waals surface area contributed by atoms with E-state index < -0.39 is 56.9 Å². The van der Waals surface area contributed by atoms with Gasteiger partial charge in [-0.05, 0) is 37.4 Å². The van der Waals surface area contributed by atoms with E-state index in [1.165, 1.54) is 7.11 Å². The number of fused-ring (bicyclic) bond motifs is 1. The fourth-order valence-corrected chi connectivity index (χ4v) is 4.62. The van der Waals surface area contributed by atoms with Gasteiger partial charge in [-0.25, -0.2) is 0 Å². The summed E-state index contributed by atoms with van der Waals surface area (Å²) >= 11 is 0. The van der Waals surface area contributed by atoms with Gasteiger partial charge >= 0.3 is 17.9 Å². The third kappa shape index (κ3) is 8.54. The summed E-state index contributed by atoms with van der Waals surface area (Å²) in [6.45, 7) is 14.3. The molecule has 0 radical (unpaired) electrons.